The third-order valence-electron chi connectivity index (χ3n) is 6.21. The van der Waals surface area contributed by atoms with Gasteiger partial charge in [-0.25, -0.2) is 8.42 Å². The quantitative estimate of drug-likeness (QED) is 0.352. The van der Waals surface area contributed by atoms with E-state index in [1.54, 1.807) is 56.3 Å². The van der Waals surface area contributed by atoms with Crippen LogP contribution in [0.2, 0.25) is 10.0 Å². The van der Waals surface area contributed by atoms with Gasteiger partial charge in [-0.3, -0.25) is 13.9 Å². The molecule has 0 saturated heterocycles. The molecule has 1 atom stereocenters. The van der Waals surface area contributed by atoms with E-state index in [2.05, 4.69) is 5.32 Å². The first kappa shape index (κ1) is 29.5. The lowest BCUT2D eigenvalue weighted by Gasteiger charge is -2.33. The van der Waals surface area contributed by atoms with Gasteiger partial charge >= 0.3 is 0 Å². The van der Waals surface area contributed by atoms with E-state index in [4.69, 9.17) is 23.2 Å². The summed E-state index contributed by atoms with van der Waals surface area (Å²) in [5.41, 5.74) is 2.58. The van der Waals surface area contributed by atoms with Crippen molar-refractivity contribution in [2.45, 2.75) is 44.7 Å². The third kappa shape index (κ3) is 6.67. The number of halogens is 2. The molecular weight excluding hydrogens is 545 g/mol. The molecule has 0 saturated carbocycles. The molecule has 38 heavy (non-hydrogen) atoms. The predicted octanol–water partition coefficient (Wildman–Crippen LogP) is 5.36. The summed E-state index contributed by atoms with van der Waals surface area (Å²) in [5, 5.41) is 3.28. The standard InChI is InChI=1S/C28H31Cl2N3O4S/c1-5-25(28(35)31-4)32(17-21-13-14-23(29)24(30)16-21)27(34)18-33(26-15-19(2)11-12-20(26)3)38(36,37)22-9-7-6-8-10-22/h6-16,25H,5,17-18H2,1-4H3,(H,31,35)/t25-/m0/s1. The average Bonchev–Trinajstić information content (AvgIpc) is 2.90. The molecule has 10 heteroatoms. The van der Waals surface area contributed by atoms with Gasteiger partial charge in [-0.2, -0.15) is 0 Å². The molecule has 0 heterocycles. The van der Waals surface area contributed by atoms with Crippen molar-refractivity contribution in [2.75, 3.05) is 17.9 Å². The van der Waals surface area contributed by atoms with Gasteiger partial charge in [-0.1, -0.05) is 66.5 Å². The zero-order valence-corrected chi connectivity index (χ0v) is 24.1. The molecular formula is C28H31Cl2N3O4S. The van der Waals surface area contributed by atoms with Crippen molar-refractivity contribution in [1.82, 2.24) is 10.2 Å². The highest BCUT2D eigenvalue weighted by Gasteiger charge is 2.34. The Kier molecular flexibility index (Phi) is 9.82. The zero-order valence-electron chi connectivity index (χ0n) is 21.7. The first-order valence-corrected chi connectivity index (χ1v) is 14.3. The minimum absolute atomic E-state index is 0.0354. The molecule has 3 aromatic carbocycles. The molecule has 0 bridgehead atoms. The Morgan fingerprint density at radius 2 is 1.63 bits per heavy atom. The van der Waals surface area contributed by atoms with Crippen molar-refractivity contribution < 1.29 is 18.0 Å². The van der Waals surface area contributed by atoms with Crippen LogP contribution in [0.15, 0.2) is 71.6 Å². The molecule has 3 rings (SSSR count). The van der Waals surface area contributed by atoms with Crippen LogP contribution in [0.3, 0.4) is 0 Å². The Labute approximate surface area is 234 Å². The first-order valence-electron chi connectivity index (χ1n) is 12.1. The van der Waals surface area contributed by atoms with E-state index >= 15 is 0 Å². The summed E-state index contributed by atoms with van der Waals surface area (Å²) in [7, 11) is -2.62. The van der Waals surface area contributed by atoms with Gasteiger partial charge in [0.15, 0.2) is 0 Å². The fraction of sp³-hybridized carbons (Fsp3) is 0.286. The fourth-order valence-electron chi connectivity index (χ4n) is 4.14. The van der Waals surface area contributed by atoms with Crippen molar-refractivity contribution in [3.63, 3.8) is 0 Å². The van der Waals surface area contributed by atoms with E-state index in [0.717, 1.165) is 9.87 Å². The van der Waals surface area contributed by atoms with Crippen molar-refractivity contribution >= 4 is 50.7 Å². The van der Waals surface area contributed by atoms with E-state index in [0.29, 0.717) is 33.3 Å². The second-order valence-corrected chi connectivity index (χ2v) is 11.6. The lowest BCUT2D eigenvalue weighted by atomic mass is 10.1. The fourth-order valence-corrected chi connectivity index (χ4v) is 5.95. The average molecular weight is 577 g/mol. The molecule has 3 aromatic rings. The Morgan fingerprint density at radius 1 is 0.947 bits per heavy atom. The van der Waals surface area contributed by atoms with E-state index in [1.165, 1.54) is 24.1 Å². The Hall–Kier alpha value is -3.07. The van der Waals surface area contributed by atoms with Crippen molar-refractivity contribution in [3.05, 3.63) is 93.5 Å². The van der Waals surface area contributed by atoms with E-state index in [-0.39, 0.29) is 17.3 Å². The normalized spacial score (nSPS) is 12.1. The van der Waals surface area contributed by atoms with Crippen LogP contribution in [0.5, 0.6) is 0 Å². The number of anilines is 1. The van der Waals surface area contributed by atoms with Crippen molar-refractivity contribution in [3.8, 4) is 0 Å². The van der Waals surface area contributed by atoms with Crippen molar-refractivity contribution in [2.24, 2.45) is 0 Å². The molecule has 1 N–H and O–H groups in total. The minimum Gasteiger partial charge on any atom is -0.357 e. The van der Waals surface area contributed by atoms with Gasteiger partial charge in [0.1, 0.15) is 12.6 Å². The molecule has 7 nitrogen and oxygen atoms in total. The van der Waals surface area contributed by atoms with Crippen LogP contribution in [-0.2, 0) is 26.2 Å². The van der Waals surface area contributed by atoms with Gasteiger partial charge in [-0.05, 0) is 67.3 Å². The number of nitrogens with one attached hydrogen (secondary N) is 1. The number of carbonyl (C=O) groups is 2. The van der Waals surface area contributed by atoms with Gasteiger partial charge in [0, 0.05) is 13.6 Å². The van der Waals surface area contributed by atoms with Crippen LogP contribution < -0.4 is 9.62 Å². The topological polar surface area (TPSA) is 86.8 Å². The van der Waals surface area contributed by atoms with Crippen LogP contribution in [0.4, 0.5) is 5.69 Å². The lowest BCUT2D eigenvalue weighted by molar-refractivity contribution is -0.140. The summed E-state index contributed by atoms with van der Waals surface area (Å²) < 4.78 is 28.9. The van der Waals surface area contributed by atoms with Crippen molar-refractivity contribution in [1.29, 1.82) is 0 Å². The number of likely N-dealkylation sites (N-methyl/N-ethyl adjacent to an activating group) is 1. The molecule has 0 aromatic heterocycles. The lowest BCUT2D eigenvalue weighted by Crippen LogP contribution is -2.51. The van der Waals surface area contributed by atoms with Crippen LogP contribution in [0.1, 0.15) is 30.0 Å². The molecule has 0 aliphatic heterocycles. The van der Waals surface area contributed by atoms with E-state index in [9.17, 15) is 18.0 Å². The number of carbonyl (C=O) groups excluding carboxylic acids is 2. The number of nitrogens with zero attached hydrogens (tertiary/aromatic N) is 2. The zero-order chi connectivity index (χ0) is 28.0. The summed E-state index contributed by atoms with van der Waals surface area (Å²) in [5.74, 6) is -0.892. The maximum absolute atomic E-state index is 14.0. The first-order chi connectivity index (χ1) is 18.0. The second kappa shape index (κ2) is 12.7. The van der Waals surface area contributed by atoms with Crippen LogP contribution in [0.25, 0.3) is 0 Å². The largest absolute Gasteiger partial charge is 0.357 e. The summed E-state index contributed by atoms with van der Waals surface area (Å²) in [6, 6.07) is 17.5. The highest BCUT2D eigenvalue weighted by Crippen LogP contribution is 2.29. The summed E-state index contributed by atoms with van der Waals surface area (Å²) >= 11 is 12.3. The molecule has 2 amide bonds. The number of hydrogen-bond donors (Lipinski definition) is 1. The number of amides is 2. The number of hydrogen-bond acceptors (Lipinski definition) is 4. The predicted molar refractivity (Wildman–Crippen MR) is 152 cm³/mol. The number of benzene rings is 3. The molecule has 0 aliphatic rings. The van der Waals surface area contributed by atoms with Gasteiger partial charge in [0.25, 0.3) is 10.0 Å². The van der Waals surface area contributed by atoms with E-state index < -0.39 is 28.5 Å². The van der Waals surface area contributed by atoms with Gasteiger partial charge in [0.2, 0.25) is 11.8 Å². The van der Waals surface area contributed by atoms with Gasteiger partial charge in [-0.15, -0.1) is 0 Å². The Bertz CT molecular complexity index is 1410. The van der Waals surface area contributed by atoms with Crippen LogP contribution in [-0.4, -0.2) is 44.8 Å². The smallest absolute Gasteiger partial charge is 0.264 e. The molecule has 202 valence electrons. The minimum atomic E-state index is -4.12. The van der Waals surface area contributed by atoms with Crippen LogP contribution >= 0.6 is 23.2 Å². The molecule has 0 aliphatic carbocycles. The van der Waals surface area contributed by atoms with Gasteiger partial charge < -0.3 is 10.2 Å². The molecule has 0 fully saturated rings. The summed E-state index contributed by atoms with van der Waals surface area (Å²) in [4.78, 5) is 28.2. The molecule has 0 unspecified atom stereocenters. The maximum atomic E-state index is 14.0. The summed E-state index contributed by atoms with van der Waals surface area (Å²) in [6.07, 6.45) is 0.321. The van der Waals surface area contributed by atoms with Gasteiger partial charge in [0.05, 0.1) is 20.6 Å². The second-order valence-electron chi connectivity index (χ2n) is 8.92. The van der Waals surface area contributed by atoms with Crippen LogP contribution in [0, 0.1) is 13.8 Å². The third-order valence-corrected chi connectivity index (χ3v) is 8.73. The summed E-state index contributed by atoms with van der Waals surface area (Å²) in [6.45, 7) is 4.97. The maximum Gasteiger partial charge on any atom is 0.264 e. The Balaban J connectivity index is 2.10. The number of sulfonamides is 1. The molecule has 0 spiro atoms. The monoisotopic (exact) mass is 575 g/mol. The Morgan fingerprint density at radius 3 is 2.24 bits per heavy atom. The SMILES string of the molecule is CC[C@@H](C(=O)NC)N(Cc1ccc(Cl)c(Cl)c1)C(=O)CN(c1cc(C)ccc1C)S(=O)(=O)c1ccccc1. The van der Waals surface area contributed by atoms with E-state index in [1.807, 2.05) is 19.1 Å². The highest BCUT2D eigenvalue weighted by atomic mass is 35.5. The number of aryl methyl sites for hydroxylation is 2. The highest BCUT2D eigenvalue weighted by molar-refractivity contribution is 7.92. The molecule has 0 radical (unpaired) electrons. The number of rotatable bonds is 10.